The van der Waals surface area contributed by atoms with Gasteiger partial charge in [-0.2, -0.15) is 0 Å². The van der Waals surface area contributed by atoms with Crippen molar-refractivity contribution >= 4 is 38.9 Å². The van der Waals surface area contributed by atoms with E-state index in [1.807, 2.05) is 30.3 Å². The van der Waals surface area contributed by atoms with Crippen molar-refractivity contribution in [3.8, 4) is 26.7 Å². The van der Waals surface area contributed by atoms with E-state index in [2.05, 4.69) is 4.98 Å². The van der Waals surface area contributed by atoms with Gasteiger partial charge in [0.2, 0.25) is 0 Å². The lowest BCUT2D eigenvalue weighted by molar-refractivity contribution is 0.0695. The fourth-order valence-corrected chi connectivity index (χ4v) is 5.07. The fourth-order valence-electron chi connectivity index (χ4n) is 3.34. The maximum atomic E-state index is 13.3. The Morgan fingerprint density at radius 2 is 1.77 bits per heavy atom. The zero-order valence-corrected chi connectivity index (χ0v) is 17.4. The maximum Gasteiger partial charge on any atom is 0.341 e. The van der Waals surface area contributed by atoms with Gasteiger partial charge in [-0.3, -0.25) is 4.79 Å². The number of rotatable bonds is 4. The van der Waals surface area contributed by atoms with E-state index >= 15 is 0 Å². The van der Waals surface area contributed by atoms with Crippen LogP contribution in [0.1, 0.15) is 10.4 Å². The zero-order valence-electron chi connectivity index (χ0n) is 15.8. The van der Waals surface area contributed by atoms with Crippen LogP contribution in [0.4, 0.5) is 4.39 Å². The van der Waals surface area contributed by atoms with Gasteiger partial charge in [0.05, 0.1) is 26.3 Å². The molecule has 5 rings (SSSR count). The molecule has 2 aromatic carbocycles. The molecule has 0 saturated heterocycles. The second-order valence-corrected chi connectivity index (χ2v) is 8.76. The Morgan fingerprint density at radius 1 is 1.00 bits per heavy atom. The first kappa shape index (κ1) is 19.3. The van der Waals surface area contributed by atoms with Crippen molar-refractivity contribution in [2.75, 3.05) is 0 Å². The number of nitrogens with zero attached hydrogens (tertiary/aromatic N) is 2. The number of fused-ring (bicyclic) bond motifs is 1. The van der Waals surface area contributed by atoms with Crippen LogP contribution in [0.15, 0.2) is 77.2 Å². The summed E-state index contributed by atoms with van der Waals surface area (Å²) in [5.74, 6) is -1.58. The first-order chi connectivity index (χ1) is 15.0. The molecule has 0 amide bonds. The molecule has 0 bridgehead atoms. The highest BCUT2D eigenvalue weighted by atomic mass is 32.1. The molecule has 0 fully saturated rings. The molecular formula is C23H13FN2O3S2. The summed E-state index contributed by atoms with van der Waals surface area (Å²) < 4.78 is 15.9. The van der Waals surface area contributed by atoms with Gasteiger partial charge in [-0.1, -0.05) is 12.1 Å². The first-order valence-corrected chi connectivity index (χ1v) is 10.9. The number of hydrogen-bond acceptors (Lipinski definition) is 5. The summed E-state index contributed by atoms with van der Waals surface area (Å²) in [6.07, 6.45) is 1.36. The van der Waals surface area contributed by atoms with Crippen molar-refractivity contribution in [1.82, 2.24) is 9.55 Å². The standard InChI is InChI=1S/C23H13FN2O3S2/c24-14-3-1-13(2-4-14)20-7-8-21(31-20)18-10-19(27)16(23(28)29)11-26(18)15-5-6-17-22(9-15)30-12-25-17/h1-12H,(H,28,29). The van der Waals surface area contributed by atoms with Gasteiger partial charge in [-0.05, 0) is 48.0 Å². The zero-order chi connectivity index (χ0) is 21.5. The molecule has 152 valence electrons. The molecule has 0 aliphatic carbocycles. The van der Waals surface area contributed by atoms with Crippen LogP contribution in [0.3, 0.4) is 0 Å². The lowest BCUT2D eigenvalue weighted by Crippen LogP contribution is -2.17. The first-order valence-electron chi connectivity index (χ1n) is 9.19. The van der Waals surface area contributed by atoms with Crippen molar-refractivity contribution in [1.29, 1.82) is 0 Å². The van der Waals surface area contributed by atoms with Gasteiger partial charge in [0, 0.05) is 22.8 Å². The van der Waals surface area contributed by atoms with Crippen LogP contribution in [0, 0.1) is 5.82 Å². The molecule has 0 unspecified atom stereocenters. The third kappa shape index (κ3) is 3.56. The van der Waals surface area contributed by atoms with Crippen LogP contribution in [0.5, 0.6) is 0 Å². The molecule has 3 heterocycles. The molecule has 1 N–H and O–H groups in total. The second kappa shape index (κ2) is 7.57. The number of carbonyl (C=O) groups is 1. The van der Waals surface area contributed by atoms with E-state index in [-0.39, 0.29) is 11.4 Å². The smallest absolute Gasteiger partial charge is 0.341 e. The van der Waals surface area contributed by atoms with Crippen LogP contribution in [0.2, 0.25) is 0 Å². The average molecular weight is 449 g/mol. The third-order valence-electron chi connectivity index (χ3n) is 4.86. The Hall–Kier alpha value is -3.62. The highest BCUT2D eigenvalue weighted by molar-refractivity contribution is 7.18. The number of thiophene rings is 1. The summed E-state index contributed by atoms with van der Waals surface area (Å²) in [7, 11) is 0. The van der Waals surface area contributed by atoms with Crippen molar-refractivity contribution in [2.45, 2.75) is 0 Å². The number of hydrogen-bond donors (Lipinski definition) is 1. The van der Waals surface area contributed by atoms with Crippen molar-refractivity contribution in [3.63, 3.8) is 0 Å². The number of carboxylic acid groups (broad SMARTS) is 1. The number of thiazole rings is 1. The van der Waals surface area contributed by atoms with Gasteiger partial charge < -0.3 is 9.67 Å². The second-order valence-electron chi connectivity index (χ2n) is 6.79. The molecule has 0 atom stereocenters. The van der Waals surface area contributed by atoms with Gasteiger partial charge in [-0.25, -0.2) is 14.2 Å². The van der Waals surface area contributed by atoms with Crippen molar-refractivity contribution in [2.24, 2.45) is 0 Å². The number of halogens is 1. The average Bonchev–Trinajstić information content (AvgIpc) is 3.43. The fraction of sp³-hybridized carbons (Fsp3) is 0. The van der Waals surface area contributed by atoms with Crippen LogP contribution in [0.25, 0.3) is 36.9 Å². The number of carboxylic acids is 1. The Bertz CT molecular complexity index is 1500. The molecule has 31 heavy (non-hydrogen) atoms. The summed E-state index contributed by atoms with van der Waals surface area (Å²) in [6.45, 7) is 0. The molecule has 0 aliphatic heterocycles. The molecule has 8 heteroatoms. The molecule has 5 nitrogen and oxygen atoms in total. The Labute approximate surface area is 183 Å². The minimum Gasteiger partial charge on any atom is -0.477 e. The quantitative estimate of drug-likeness (QED) is 0.384. The molecule has 3 aromatic heterocycles. The third-order valence-corrected chi connectivity index (χ3v) is 6.81. The van der Waals surface area contributed by atoms with Crippen LogP contribution < -0.4 is 5.43 Å². The van der Waals surface area contributed by atoms with Gasteiger partial charge in [0.15, 0.2) is 5.43 Å². The Morgan fingerprint density at radius 3 is 2.55 bits per heavy atom. The molecule has 5 aromatic rings. The Balaban J connectivity index is 1.69. The normalized spacial score (nSPS) is 11.1. The Kier molecular flexibility index (Phi) is 4.72. The van der Waals surface area contributed by atoms with Crippen molar-refractivity contribution < 1.29 is 14.3 Å². The van der Waals surface area contributed by atoms with Gasteiger partial charge >= 0.3 is 5.97 Å². The van der Waals surface area contributed by atoms with Gasteiger partial charge in [0.25, 0.3) is 0 Å². The summed E-state index contributed by atoms with van der Waals surface area (Å²) in [5, 5.41) is 9.46. The van der Waals surface area contributed by atoms with E-state index in [1.54, 1.807) is 22.2 Å². The molecule has 0 aliphatic rings. The maximum absolute atomic E-state index is 13.3. The molecular weight excluding hydrogens is 435 g/mol. The summed E-state index contributed by atoms with van der Waals surface area (Å²) >= 11 is 2.93. The van der Waals surface area contributed by atoms with Crippen LogP contribution >= 0.6 is 22.7 Å². The lowest BCUT2D eigenvalue weighted by atomic mass is 10.1. The minimum atomic E-state index is -1.28. The predicted molar refractivity (Wildman–Crippen MR) is 121 cm³/mol. The largest absolute Gasteiger partial charge is 0.477 e. The van der Waals surface area contributed by atoms with Gasteiger partial charge in [0.1, 0.15) is 11.4 Å². The summed E-state index contributed by atoms with van der Waals surface area (Å²) in [6, 6.07) is 16.9. The molecule has 0 saturated carbocycles. The SMILES string of the molecule is O=C(O)c1cn(-c2ccc3ncsc3c2)c(-c2ccc(-c3ccc(F)cc3)s2)cc1=O. The number of pyridine rings is 1. The van der Waals surface area contributed by atoms with E-state index in [0.29, 0.717) is 5.69 Å². The molecule has 0 radical (unpaired) electrons. The monoisotopic (exact) mass is 448 g/mol. The van der Waals surface area contributed by atoms with E-state index in [4.69, 9.17) is 0 Å². The van der Waals surface area contributed by atoms with E-state index in [9.17, 15) is 19.1 Å². The van der Waals surface area contributed by atoms with Crippen LogP contribution in [-0.2, 0) is 0 Å². The van der Waals surface area contributed by atoms with Crippen LogP contribution in [-0.4, -0.2) is 20.6 Å². The number of benzene rings is 2. The summed E-state index contributed by atoms with van der Waals surface area (Å²) in [5.41, 5.74) is 3.91. The van der Waals surface area contributed by atoms with Gasteiger partial charge in [-0.15, -0.1) is 22.7 Å². The highest BCUT2D eigenvalue weighted by Gasteiger charge is 2.17. The highest BCUT2D eigenvalue weighted by Crippen LogP contribution is 2.35. The summed E-state index contributed by atoms with van der Waals surface area (Å²) in [4.78, 5) is 30.1. The topological polar surface area (TPSA) is 72.2 Å². The minimum absolute atomic E-state index is 0.302. The van der Waals surface area contributed by atoms with E-state index in [0.717, 1.165) is 31.2 Å². The predicted octanol–water partition coefficient (Wildman–Crippen LogP) is 5.68. The van der Waals surface area contributed by atoms with E-state index in [1.165, 1.54) is 47.1 Å². The van der Waals surface area contributed by atoms with Crippen molar-refractivity contribution in [3.05, 3.63) is 94.0 Å². The number of aromatic nitrogens is 2. The van der Waals surface area contributed by atoms with E-state index < -0.39 is 11.4 Å². The lowest BCUT2D eigenvalue weighted by Gasteiger charge is -2.14. The number of aromatic carboxylic acids is 1. The molecule has 0 spiro atoms.